The second-order valence-corrected chi connectivity index (χ2v) is 5.26. The molecule has 1 atom stereocenters. The summed E-state index contributed by atoms with van der Waals surface area (Å²) in [5.74, 6) is 1.41. The number of nitrogens with one attached hydrogen (secondary N) is 1. The van der Waals surface area contributed by atoms with Gasteiger partial charge in [0.15, 0.2) is 0 Å². The van der Waals surface area contributed by atoms with Gasteiger partial charge in [-0.1, -0.05) is 13.8 Å². The second-order valence-electron chi connectivity index (χ2n) is 3.86. The highest BCUT2D eigenvalue weighted by Gasteiger charge is 2.31. The van der Waals surface area contributed by atoms with Crippen molar-refractivity contribution >= 4 is 17.7 Å². The van der Waals surface area contributed by atoms with E-state index < -0.39 is 11.5 Å². The smallest absolute Gasteiger partial charge is 0.323 e. The fraction of sp³-hybridized carbons (Fsp3) is 0.909. The Morgan fingerprint density at radius 3 is 2.60 bits per heavy atom. The lowest BCUT2D eigenvalue weighted by Gasteiger charge is -2.26. The monoisotopic (exact) mass is 233 g/mol. The van der Waals surface area contributed by atoms with Crippen LogP contribution in [0.4, 0.5) is 0 Å². The SMILES string of the molecule is CCCNC(C)(CCCSCC)C(=O)O. The Hall–Kier alpha value is -0.220. The van der Waals surface area contributed by atoms with Gasteiger partial charge in [-0.2, -0.15) is 11.8 Å². The summed E-state index contributed by atoms with van der Waals surface area (Å²) in [7, 11) is 0. The molecular weight excluding hydrogens is 210 g/mol. The molecule has 0 bridgehead atoms. The Labute approximate surface area is 97.0 Å². The van der Waals surface area contributed by atoms with Crippen molar-refractivity contribution in [2.75, 3.05) is 18.1 Å². The summed E-state index contributed by atoms with van der Waals surface area (Å²) in [5, 5.41) is 12.3. The van der Waals surface area contributed by atoms with Crippen LogP contribution >= 0.6 is 11.8 Å². The molecule has 0 rings (SSSR count). The lowest BCUT2D eigenvalue weighted by atomic mass is 9.96. The third-order valence-electron chi connectivity index (χ3n) is 2.41. The highest BCUT2D eigenvalue weighted by molar-refractivity contribution is 7.99. The molecule has 0 amide bonds. The van der Waals surface area contributed by atoms with E-state index in [0.29, 0.717) is 6.42 Å². The number of hydrogen-bond donors (Lipinski definition) is 2. The molecule has 0 aromatic heterocycles. The zero-order valence-corrected chi connectivity index (χ0v) is 10.8. The molecule has 0 aliphatic heterocycles. The Bertz CT molecular complexity index is 187. The van der Waals surface area contributed by atoms with Crippen LogP contribution < -0.4 is 5.32 Å². The van der Waals surface area contributed by atoms with Crippen molar-refractivity contribution in [1.29, 1.82) is 0 Å². The fourth-order valence-corrected chi connectivity index (χ4v) is 1.98. The summed E-state index contributed by atoms with van der Waals surface area (Å²) in [6.45, 7) is 6.71. The maximum atomic E-state index is 11.1. The van der Waals surface area contributed by atoms with Crippen LogP contribution in [0, 0.1) is 0 Å². The molecule has 3 nitrogen and oxygen atoms in total. The first-order valence-electron chi connectivity index (χ1n) is 5.63. The molecule has 4 heteroatoms. The van der Waals surface area contributed by atoms with Crippen LogP contribution in [0.5, 0.6) is 0 Å². The normalized spacial score (nSPS) is 14.9. The maximum Gasteiger partial charge on any atom is 0.323 e. The fourth-order valence-electron chi connectivity index (χ4n) is 1.34. The van der Waals surface area contributed by atoms with Crippen LogP contribution in [-0.4, -0.2) is 34.7 Å². The van der Waals surface area contributed by atoms with E-state index in [-0.39, 0.29) is 0 Å². The van der Waals surface area contributed by atoms with Crippen LogP contribution in [0.2, 0.25) is 0 Å². The van der Waals surface area contributed by atoms with E-state index >= 15 is 0 Å². The molecule has 1 unspecified atom stereocenters. The minimum atomic E-state index is -0.746. The first-order chi connectivity index (χ1) is 7.06. The van der Waals surface area contributed by atoms with Gasteiger partial charge in [0.25, 0.3) is 0 Å². The van der Waals surface area contributed by atoms with E-state index in [1.807, 2.05) is 18.7 Å². The van der Waals surface area contributed by atoms with Crippen LogP contribution in [0.3, 0.4) is 0 Å². The van der Waals surface area contributed by atoms with Crippen molar-refractivity contribution < 1.29 is 9.90 Å². The Morgan fingerprint density at radius 1 is 1.47 bits per heavy atom. The van der Waals surface area contributed by atoms with Crippen molar-refractivity contribution in [3.63, 3.8) is 0 Å². The van der Waals surface area contributed by atoms with E-state index in [0.717, 1.165) is 30.9 Å². The summed E-state index contributed by atoms with van der Waals surface area (Å²) in [6, 6.07) is 0. The molecule has 15 heavy (non-hydrogen) atoms. The van der Waals surface area contributed by atoms with Crippen LogP contribution in [0.25, 0.3) is 0 Å². The zero-order valence-electron chi connectivity index (χ0n) is 10.0. The summed E-state index contributed by atoms with van der Waals surface area (Å²) in [4.78, 5) is 11.1. The van der Waals surface area contributed by atoms with Crippen LogP contribution in [-0.2, 0) is 4.79 Å². The quantitative estimate of drug-likeness (QED) is 0.600. The average Bonchev–Trinajstić information content (AvgIpc) is 2.21. The summed E-state index contributed by atoms with van der Waals surface area (Å²) < 4.78 is 0. The molecule has 0 radical (unpaired) electrons. The van der Waals surface area contributed by atoms with Crippen molar-refractivity contribution in [3.05, 3.63) is 0 Å². The Morgan fingerprint density at radius 2 is 2.13 bits per heavy atom. The van der Waals surface area contributed by atoms with Gasteiger partial charge in [0.05, 0.1) is 0 Å². The van der Waals surface area contributed by atoms with E-state index in [1.54, 1.807) is 6.92 Å². The van der Waals surface area contributed by atoms with Gasteiger partial charge < -0.3 is 10.4 Å². The highest BCUT2D eigenvalue weighted by Crippen LogP contribution is 2.15. The number of carboxylic acids is 1. The van der Waals surface area contributed by atoms with Gasteiger partial charge >= 0.3 is 5.97 Å². The molecule has 2 N–H and O–H groups in total. The molecule has 0 aromatic carbocycles. The Balaban J connectivity index is 3.96. The second kappa shape index (κ2) is 7.99. The minimum absolute atomic E-state index is 0.704. The van der Waals surface area contributed by atoms with Gasteiger partial charge in [0, 0.05) is 0 Å². The first-order valence-corrected chi connectivity index (χ1v) is 6.78. The minimum Gasteiger partial charge on any atom is -0.480 e. The molecule has 0 saturated heterocycles. The number of carbonyl (C=O) groups is 1. The van der Waals surface area contributed by atoms with E-state index in [2.05, 4.69) is 12.2 Å². The zero-order chi connectivity index (χ0) is 11.7. The predicted molar refractivity (Wildman–Crippen MR) is 66.6 cm³/mol. The van der Waals surface area contributed by atoms with Gasteiger partial charge in [-0.25, -0.2) is 0 Å². The summed E-state index contributed by atoms with van der Waals surface area (Å²) in [6.07, 6.45) is 2.62. The molecule has 0 aromatic rings. The van der Waals surface area contributed by atoms with Crippen molar-refractivity contribution in [3.8, 4) is 0 Å². The highest BCUT2D eigenvalue weighted by atomic mass is 32.2. The average molecular weight is 233 g/mol. The maximum absolute atomic E-state index is 11.1. The largest absolute Gasteiger partial charge is 0.480 e. The van der Waals surface area contributed by atoms with Gasteiger partial charge in [-0.15, -0.1) is 0 Å². The molecule has 0 spiro atoms. The van der Waals surface area contributed by atoms with E-state index in [9.17, 15) is 4.79 Å². The summed E-state index contributed by atoms with van der Waals surface area (Å²) in [5.41, 5.74) is -0.746. The van der Waals surface area contributed by atoms with Crippen LogP contribution in [0.1, 0.15) is 40.0 Å². The van der Waals surface area contributed by atoms with Crippen molar-refractivity contribution in [1.82, 2.24) is 5.32 Å². The molecule has 0 heterocycles. The number of aliphatic carboxylic acids is 1. The number of hydrogen-bond acceptors (Lipinski definition) is 3. The standard InChI is InChI=1S/C11H23NO2S/c1-4-8-12-11(3,10(13)14)7-6-9-15-5-2/h12H,4-9H2,1-3H3,(H,13,14). The van der Waals surface area contributed by atoms with E-state index in [4.69, 9.17) is 5.11 Å². The van der Waals surface area contributed by atoms with Crippen molar-refractivity contribution in [2.24, 2.45) is 0 Å². The van der Waals surface area contributed by atoms with Gasteiger partial charge in [0.1, 0.15) is 5.54 Å². The predicted octanol–water partition coefficient (Wildman–Crippen LogP) is 2.36. The molecule has 90 valence electrons. The summed E-state index contributed by atoms with van der Waals surface area (Å²) >= 11 is 1.86. The lowest BCUT2D eigenvalue weighted by Crippen LogP contribution is -2.49. The molecule has 0 fully saturated rings. The van der Waals surface area contributed by atoms with Gasteiger partial charge in [0.2, 0.25) is 0 Å². The van der Waals surface area contributed by atoms with Gasteiger partial charge in [-0.05, 0) is 44.2 Å². The molecule has 0 saturated carbocycles. The van der Waals surface area contributed by atoms with E-state index in [1.165, 1.54) is 0 Å². The first kappa shape index (κ1) is 14.8. The number of thioether (sulfide) groups is 1. The number of carboxylic acid groups (broad SMARTS) is 1. The van der Waals surface area contributed by atoms with Gasteiger partial charge in [-0.3, -0.25) is 4.79 Å². The topological polar surface area (TPSA) is 49.3 Å². The third kappa shape index (κ3) is 6.05. The number of rotatable bonds is 9. The molecular formula is C11H23NO2S. The lowest BCUT2D eigenvalue weighted by molar-refractivity contribution is -0.144. The molecule has 0 aliphatic rings. The Kier molecular flexibility index (Phi) is 7.88. The molecule has 0 aliphatic carbocycles. The van der Waals surface area contributed by atoms with Crippen molar-refractivity contribution in [2.45, 2.75) is 45.6 Å². The third-order valence-corrected chi connectivity index (χ3v) is 3.39. The van der Waals surface area contributed by atoms with Crippen LogP contribution in [0.15, 0.2) is 0 Å².